The molecule has 0 aromatic heterocycles. The van der Waals surface area contributed by atoms with Crippen LogP contribution in [0.3, 0.4) is 0 Å². The molecule has 2 N–H and O–H groups in total. The zero-order valence-electron chi connectivity index (χ0n) is 14.2. The van der Waals surface area contributed by atoms with Gasteiger partial charge in [-0.3, -0.25) is 10.1 Å². The van der Waals surface area contributed by atoms with E-state index < -0.39 is 0 Å². The number of benzene rings is 3. The van der Waals surface area contributed by atoms with Crippen molar-refractivity contribution >= 4 is 52.1 Å². The summed E-state index contributed by atoms with van der Waals surface area (Å²) < 4.78 is 0. The van der Waals surface area contributed by atoms with Gasteiger partial charge in [-0.2, -0.15) is 0 Å². The van der Waals surface area contributed by atoms with Gasteiger partial charge in [0.25, 0.3) is 5.91 Å². The molecule has 0 fully saturated rings. The maximum atomic E-state index is 12.3. The zero-order valence-corrected chi connectivity index (χ0v) is 16.5. The van der Waals surface area contributed by atoms with Gasteiger partial charge in [-0.15, -0.1) is 0 Å². The van der Waals surface area contributed by atoms with E-state index in [9.17, 15) is 4.79 Å². The lowest BCUT2D eigenvalue weighted by Crippen LogP contribution is -2.34. The molecule has 1 amide bonds. The lowest BCUT2D eigenvalue weighted by atomic mass is 10.0. The fourth-order valence-electron chi connectivity index (χ4n) is 2.58. The summed E-state index contributed by atoms with van der Waals surface area (Å²) in [4.78, 5) is 12.3. The van der Waals surface area contributed by atoms with Crippen molar-refractivity contribution in [2.45, 2.75) is 6.42 Å². The molecule has 0 aliphatic rings. The number of anilines is 1. The molecular formula is C21H16Cl2N2OS. The summed E-state index contributed by atoms with van der Waals surface area (Å²) in [5, 5.41) is 6.68. The van der Waals surface area contributed by atoms with Crippen LogP contribution in [0.25, 0.3) is 0 Å². The fourth-order valence-corrected chi connectivity index (χ4v) is 3.08. The van der Waals surface area contributed by atoms with Gasteiger partial charge >= 0.3 is 0 Å². The van der Waals surface area contributed by atoms with Crippen LogP contribution >= 0.6 is 35.4 Å². The van der Waals surface area contributed by atoms with Gasteiger partial charge in [0, 0.05) is 11.3 Å². The second kappa shape index (κ2) is 9.00. The number of amides is 1. The Morgan fingerprint density at radius 2 is 1.59 bits per heavy atom. The van der Waals surface area contributed by atoms with Crippen LogP contribution < -0.4 is 10.6 Å². The number of para-hydroxylation sites is 1. The molecule has 0 saturated heterocycles. The highest BCUT2D eigenvalue weighted by Gasteiger charge is 2.11. The van der Waals surface area contributed by atoms with E-state index in [-0.39, 0.29) is 11.0 Å². The van der Waals surface area contributed by atoms with Crippen LogP contribution in [0.2, 0.25) is 10.0 Å². The summed E-state index contributed by atoms with van der Waals surface area (Å²) in [5.41, 5.74) is 3.50. The first-order valence-corrected chi connectivity index (χ1v) is 9.38. The van der Waals surface area contributed by atoms with Gasteiger partial charge in [0.15, 0.2) is 5.11 Å². The molecule has 0 aliphatic heterocycles. The monoisotopic (exact) mass is 414 g/mol. The predicted octanol–water partition coefficient (Wildman–Crippen LogP) is 5.71. The first kappa shape index (κ1) is 19.4. The van der Waals surface area contributed by atoms with Crippen molar-refractivity contribution < 1.29 is 4.79 Å². The molecule has 0 spiro atoms. The summed E-state index contributed by atoms with van der Waals surface area (Å²) in [6.07, 6.45) is 0.757. The SMILES string of the molecule is O=C(NC(=S)Nc1ccccc1Cc1ccccc1)c1ccc(Cl)c(Cl)c1. The smallest absolute Gasteiger partial charge is 0.257 e. The topological polar surface area (TPSA) is 41.1 Å². The third-order valence-electron chi connectivity index (χ3n) is 3.91. The molecule has 27 heavy (non-hydrogen) atoms. The Morgan fingerprint density at radius 1 is 0.889 bits per heavy atom. The van der Waals surface area contributed by atoms with E-state index in [0.29, 0.717) is 15.6 Å². The number of hydrogen-bond acceptors (Lipinski definition) is 2. The van der Waals surface area contributed by atoms with E-state index in [0.717, 1.165) is 17.7 Å². The normalized spacial score (nSPS) is 10.3. The summed E-state index contributed by atoms with van der Waals surface area (Å²) in [6, 6.07) is 22.7. The van der Waals surface area contributed by atoms with Crippen LogP contribution in [0.1, 0.15) is 21.5 Å². The summed E-state index contributed by atoms with van der Waals surface area (Å²) in [5.74, 6) is -0.355. The van der Waals surface area contributed by atoms with E-state index in [1.807, 2.05) is 42.5 Å². The van der Waals surface area contributed by atoms with Gasteiger partial charge < -0.3 is 5.32 Å². The van der Waals surface area contributed by atoms with E-state index in [2.05, 4.69) is 22.8 Å². The van der Waals surface area contributed by atoms with E-state index in [1.54, 1.807) is 12.1 Å². The molecule has 0 saturated carbocycles. The molecule has 136 valence electrons. The molecule has 3 aromatic rings. The third kappa shape index (κ3) is 5.30. The minimum atomic E-state index is -0.355. The number of nitrogens with one attached hydrogen (secondary N) is 2. The Labute approximate surface area is 173 Å². The third-order valence-corrected chi connectivity index (χ3v) is 4.85. The van der Waals surface area contributed by atoms with Crippen molar-refractivity contribution in [3.05, 3.63) is 99.5 Å². The number of rotatable bonds is 4. The van der Waals surface area contributed by atoms with Crippen molar-refractivity contribution in [3.63, 3.8) is 0 Å². The maximum Gasteiger partial charge on any atom is 0.257 e. The predicted molar refractivity (Wildman–Crippen MR) is 116 cm³/mol. The van der Waals surface area contributed by atoms with Crippen molar-refractivity contribution in [2.24, 2.45) is 0 Å². The minimum Gasteiger partial charge on any atom is -0.332 e. The fraction of sp³-hybridized carbons (Fsp3) is 0.0476. The molecule has 3 nitrogen and oxygen atoms in total. The summed E-state index contributed by atoms with van der Waals surface area (Å²) in [6.45, 7) is 0. The Hall–Kier alpha value is -2.40. The van der Waals surface area contributed by atoms with Crippen molar-refractivity contribution in [3.8, 4) is 0 Å². The molecule has 0 atom stereocenters. The molecule has 6 heteroatoms. The second-order valence-electron chi connectivity index (χ2n) is 5.86. The van der Waals surface area contributed by atoms with Crippen molar-refractivity contribution in [1.29, 1.82) is 0 Å². The second-order valence-corrected chi connectivity index (χ2v) is 7.08. The largest absolute Gasteiger partial charge is 0.332 e. The highest BCUT2D eigenvalue weighted by Crippen LogP contribution is 2.23. The summed E-state index contributed by atoms with van der Waals surface area (Å²) in [7, 11) is 0. The lowest BCUT2D eigenvalue weighted by molar-refractivity contribution is 0.0977. The quantitative estimate of drug-likeness (QED) is 0.537. The van der Waals surface area contributed by atoms with Gasteiger partial charge in [0.1, 0.15) is 0 Å². The average Bonchev–Trinajstić information content (AvgIpc) is 2.66. The van der Waals surface area contributed by atoms with Crippen LogP contribution in [0.15, 0.2) is 72.8 Å². The molecule has 0 heterocycles. The lowest BCUT2D eigenvalue weighted by Gasteiger charge is -2.14. The average molecular weight is 415 g/mol. The molecule has 0 bridgehead atoms. The van der Waals surface area contributed by atoms with Crippen LogP contribution in [-0.2, 0) is 6.42 Å². The first-order valence-electron chi connectivity index (χ1n) is 8.22. The standard InChI is InChI=1S/C21H16Cl2N2OS/c22-17-11-10-16(13-18(17)23)20(26)25-21(27)24-19-9-5-4-8-15(19)12-14-6-2-1-3-7-14/h1-11,13H,12H2,(H2,24,25,26,27). The van der Waals surface area contributed by atoms with E-state index in [4.69, 9.17) is 35.4 Å². The molecular weight excluding hydrogens is 399 g/mol. The highest BCUT2D eigenvalue weighted by molar-refractivity contribution is 7.80. The molecule has 0 radical (unpaired) electrons. The Morgan fingerprint density at radius 3 is 2.33 bits per heavy atom. The van der Waals surface area contributed by atoms with Gasteiger partial charge in [-0.05, 0) is 54.0 Å². The summed E-state index contributed by atoms with van der Waals surface area (Å²) >= 11 is 17.1. The maximum absolute atomic E-state index is 12.3. The zero-order chi connectivity index (χ0) is 19.2. The van der Waals surface area contributed by atoms with Crippen molar-refractivity contribution in [2.75, 3.05) is 5.32 Å². The highest BCUT2D eigenvalue weighted by atomic mass is 35.5. The number of hydrogen-bond donors (Lipinski definition) is 2. The van der Waals surface area contributed by atoms with Crippen LogP contribution in [0.4, 0.5) is 5.69 Å². The molecule has 0 unspecified atom stereocenters. The molecule has 3 rings (SSSR count). The van der Waals surface area contributed by atoms with Gasteiger partial charge in [-0.1, -0.05) is 71.7 Å². The van der Waals surface area contributed by atoms with Crippen LogP contribution in [0.5, 0.6) is 0 Å². The first-order chi connectivity index (χ1) is 13.0. The van der Waals surface area contributed by atoms with Gasteiger partial charge in [-0.25, -0.2) is 0 Å². The van der Waals surface area contributed by atoms with Crippen LogP contribution in [0, 0.1) is 0 Å². The Kier molecular flexibility index (Phi) is 6.45. The molecule has 3 aromatic carbocycles. The van der Waals surface area contributed by atoms with Crippen molar-refractivity contribution in [1.82, 2.24) is 5.32 Å². The van der Waals surface area contributed by atoms with E-state index >= 15 is 0 Å². The van der Waals surface area contributed by atoms with E-state index in [1.165, 1.54) is 11.6 Å². The molecule has 0 aliphatic carbocycles. The number of carbonyl (C=O) groups is 1. The van der Waals surface area contributed by atoms with Gasteiger partial charge in [0.2, 0.25) is 0 Å². The number of thiocarbonyl (C=S) groups is 1. The van der Waals surface area contributed by atoms with Crippen LogP contribution in [-0.4, -0.2) is 11.0 Å². The number of halogens is 2. The number of carbonyl (C=O) groups excluding carboxylic acids is 1. The Balaban J connectivity index is 1.69. The Bertz CT molecular complexity index is 977. The minimum absolute atomic E-state index is 0.214. The van der Waals surface area contributed by atoms with Gasteiger partial charge in [0.05, 0.1) is 10.0 Å².